The van der Waals surface area contributed by atoms with Crippen LogP contribution in [0.1, 0.15) is 36.2 Å². The van der Waals surface area contributed by atoms with Gasteiger partial charge in [-0.2, -0.15) is 5.10 Å². The van der Waals surface area contributed by atoms with Crippen molar-refractivity contribution in [3.8, 4) is 0 Å². The molecule has 1 N–H and O–H groups in total. The highest BCUT2D eigenvalue weighted by atomic mass is 16.3. The lowest BCUT2D eigenvalue weighted by atomic mass is 10.1. The van der Waals surface area contributed by atoms with Gasteiger partial charge in [-0.3, -0.25) is 4.68 Å². The van der Waals surface area contributed by atoms with Gasteiger partial charge in [-0.15, -0.1) is 0 Å². The first-order valence-corrected chi connectivity index (χ1v) is 9.97. The van der Waals surface area contributed by atoms with Crippen molar-refractivity contribution in [1.82, 2.24) is 19.7 Å². The number of furan rings is 1. The van der Waals surface area contributed by atoms with Gasteiger partial charge in [-0.05, 0) is 42.7 Å². The molecule has 0 atom stereocenters. The molecule has 0 aliphatic carbocycles. The summed E-state index contributed by atoms with van der Waals surface area (Å²) in [5, 5.41) is 8.19. The third-order valence-corrected chi connectivity index (χ3v) is 4.74. The van der Waals surface area contributed by atoms with Crippen molar-refractivity contribution in [2.24, 2.45) is 7.05 Å². The van der Waals surface area contributed by atoms with E-state index >= 15 is 0 Å². The van der Waals surface area contributed by atoms with Crippen LogP contribution in [0, 0.1) is 0 Å². The highest BCUT2D eigenvalue weighted by Crippen LogP contribution is 2.24. The number of hydrogen-bond acceptors (Lipinski definition) is 5. The maximum Gasteiger partial charge on any atom is 0.156 e. The summed E-state index contributed by atoms with van der Waals surface area (Å²) in [6, 6.07) is 14.2. The molecule has 148 valence electrons. The minimum atomic E-state index is 0.640. The van der Waals surface area contributed by atoms with Crippen molar-refractivity contribution in [1.29, 1.82) is 0 Å². The van der Waals surface area contributed by atoms with Crippen LogP contribution in [0.3, 0.4) is 0 Å². The average molecular weight is 387 g/mol. The van der Waals surface area contributed by atoms with Crippen molar-refractivity contribution >= 4 is 29.0 Å². The second-order valence-corrected chi connectivity index (χ2v) is 6.96. The molecule has 0 saturated carbocycles. The molecule has 0 saturated heterocycles. The van der Waals surface area contributed by atoms with Gasteiger partial charge in [0.05, 0.1) is 12.0 Å². The topological polar surface area (TPSA) is 68.8 Å². The van der Waals surface area contributed by atoms with Gasteiger partial charge in [0.2, 0.25) is 0 Å². The van der Waals surface area contributed by atoms with E-state index in [1.807, 2.05) is 42.1 Å². The van der Waals surface area contributed by atoms with E-state index in [4.69, 9.17) is 14.4 Å². The van der Waals surface area contributed by atoms with E-state index in [0.29, 0.717) is 5.82 Å². The summed E-state index contributed by atoms with van der Waals surface area (Å²) < 4.78 is 7.26. The summed E-state index contributed by atoms with van der Waals surface area (Å²) in [6.07, 6.45) is 8.24. The number of anilines is 1. The maximum atomic E-state index is 5.38. The lowest BCUT2D eigenvalue weighted by Crippen LogP contribution is -2.09. The van der Waals surface area contributed by atoms with Gasteiger partial charge in [-0.25, -0.2) is 9.97 Å². The second-order valence-electron chi connectivity index (χ2n) is 6.96. The van der Waals surface area contributed by atoms with Gasteiger partial charge in [0.15, 0.2) is 11.6 Å². The number of rotatable bonds is 8. The van der Waals surface area contributed by atoms with Crippen LogP contribution in [0.25, 0.3) is 23.2 Å². The lowest BCUT2D eigenvalue weighted by molar-refractivity contribution is 0.557. The Bertz CT molecular complexity index is 1100. The van der Waals surface area contributed by atoms with Crippen LogP contribution in [-0.2, 0) is 19.9 Å². The zero-order valence-corrected chi connectivity index (χ0v) is 16.8. The summed E-state index contributed by atoms with van der Waals surface area (Å²) in [5.41, 5.74) is 4.15. The van der Waals surface area contributed by atoms with Crippen LogP contribution in [-0.4, -0.2) is 26.3 Å². The minimum absolute atomic E-state index is 0.640. The number of benzene rings is 1. The number of nitrogens with zero attached hydrogens (tertiary/aromatic N) is 4. The molecule has 4 aromatic rings. The van der Waals surface area contributed by atoms with Gasteiger partial charge in [0.1, 0.15) is 16.8 Å². The van der Waals surface area contributed by atoms with E-state index in [-0.39, 0.29) is 0 Å². The van der Waals surface area contributed by atoms with Gasteiger partial charge < -0.3 is 9.73 Å². The molecular formula is C23H25N5O. The monoisotopic (exact) mass is 387 g/mol. The van der Waals surface area contributed by atoms with Crippen LogP contribution >= 0.6 is 0 Å². The Kier molecular flexibility index (Phi) is 5.70. The Hall–Kier alpha value is -3.41. The van der Waals surface area contributed by atoms with E-state index in [9.17, 15) is 0 Å². The van der Waals surface area contributed by atoms with E-state index < -0.39 is 0 Å². The van der Waals surface area contributed by atoms with E-state index in [1.54, 1.807) is 6.26 Å². The molecule has 3 heterocycles. The maximum absolute atomic E-state index is 5.38. The number of aryl methyl sites for hydroxylation is 2. The average Bonchev–Trinajstić information content (AvgIpc) is 3.36. The fourth-order valence-electron chi connectivity index (χ4n) is 3.37. The predicted molar refractivity (Wildman–Crippen MR) is 117 cm³/mol. The van der Waals surface area contributed by atoms with Gasteiger partial charge >= 0.3 is 0 Å². The molecule has 0 fully saturated rings. The highest BCUT2D eigenvalue weighted by molar-refractivity contribution is 5.88. The Morgan fingerprint density at radius 1 is 1.03 bits per heavy atom. The molecule has 0 amide bonds. The third kappa shape index (κ3) is 4.37. The number of nitrogens with one attached hydrogen (secondary N) is 1. The zero-order valence-electron chi connectivity index (χ0n) is 16.8. The van der Waals surface area contributed by atoms with Crippen molar-refractivity contribution in [2.75, 3.05) is 11.9 Å². The van der Waals surface area contributed by atoms with Crippen molar-refractivity contribution in [3.05, 3.63) is 71.6 Å². The molecule has 0 aliphatic heterocycles. The zero-order chi connectivity index (χ0) is 20.1. The fourth-order valence-corrected chi connectivity index (χ4v) is 3.37. The summed E-state index contributed by atoms with van der Waals surface area (Å²) in [7, 11) is 1.95. The Balaban J connectivity index is 1.66. The SMILES string of the molecule is CCCc1nn(C)c2c(NCCc3ccccc3)nc(/C=C/c3ccco3)nc12. The van der Waals surface area contributed by atoms with Crippen LogP contribution < -0.4 is 5.32 Å². The molecule has 0 radical (unpaired) electrons. The summed E-state index contributed by atoms with van der Waals surface area (Å²) in [5.74, 6) is 2.22. The van der Waals surface area contributed by atoms with Crippen LogP contribution in [0.4, 0.5) is 5.82 Å². The molecule has 0 spiro atoms. The van der Waals surface area contributed by atoms with Gasteiger partial charge in [0, 0.05) is 13.6 Å². The number of aromatic nitrogens is 4. The number of fused-ring (bicyclic) bond motifs is 1. The van der Waals surface area contributed by atoms with Crippen LogP contribution in [0.5, 0.6) is 0 Å². The predicted octanol–water partition coefficient (Wildman–Crippen LogP) is 4.73. The van der Waals surface area contributed by atoms with E-state index in [2.05, 4.69) is 41.6 Å². The fraction of sp³-hybridized carbons (Fsp3) is 0.261. The quantitative estimate of drug-likeness (QED) is 0.473. The number of hydrogen-bond donors (Lipinski definition) is 1. The molecule has 1 aromatic carbocycles. The molecule has 0 unspecified atom stereocenters. The van der Waals surface area contributed by atoms with Gasteiger partial charge in [-0.1, -0.05) is 43.7 Å². The van der Waals surface area contributed by atoms with Crippen molar-refractivity contribution < 1.29 is 4.42 Å². The molecular weight excluding hydrogens is 362 g/mol. The largest absolute Gasteiger partial charge is 0.465 e. The first kappa shape index (κ1) is 18.9. The molecule has 6 heteroatoms. The molecule has 0 aliphatic rings. The molecule has 6 nitrogen and oxygen atoms in total. The summed E-state index contributed by atoms with van der Waals surface area (Å²) >= 11 is 0. The van der Waals surface area contributed by atoms with Crippen LogP contribution in [0.2, 0.25) is 0 Å². The smallest absolute Gasteiger partial charge is 0.156 e. The summed E-state index contributed by atoms with van der Waals surface area (Å²) in [6.45, 7) is 2.93. The normalized spacial score (nSPS) is 11.5. The third-order valence-electron chi connectivity index (χ3n) is 4.74. The molecule has 3 aromatic heterocycles. The summed E-state index contributed by atoms with van der Waals surface area (Å²) in [4.78, 5) is 9.53. The standard InChI is InChI=1S/C23H25N5O/c1-3-8-19-21-22(28(2)27-19)23(24-15-14-17-9-5-4-6-10-17)26-20(25-21)13-12-18-11-7-16-29-18/h4-7,9-13,16H,3,8,14-15H2,1-2H3,(H,24,25,26)/b13-12+. The molecule has 4 rings (SSSR count). The first-order chi connectivity index (χ1) is 14.2. The lowest BCUT2D eigenvalue weighted by Gasteiger charge is -2.09. The Morgan fingerprint density at radius 3 is 2.66 bits per heavy atom. The molecule has 0 bridgehead atoms. The Morgan fingerprint density at radius 2 is 1.90 bits per heavy atom. The van der Waals surface area contributed by atoms with Gasteiger partial charge in [0.25, 0.3) is 0 Å². The molecule has 29 heavy (non-hydrogen) atoms. The van der Waals surface area contributed by atoms with Crippen molar-refractivity contribution in [2.45, 2.75) is 26.2 Å². The highest BCUT2D eigenvalue weighted by Gasteiger charge is 2.16. The second kappa shape index (κ2) is 8.73. The van der Waals surface area contributed by atoms with E-state index in [1.165, 1.54) is 5.56 Å². The minimum Gasteiger partial charge on any atom is -0.465 e. The first-order valence-electron chi connectivity index (χ1n) is 9.97. The van der Waals surface area contributed by atoms with Crippen LogP contribution in [0.15, 0.2) is 53.1 Å². The van der Waals surface area contributed by atoms with E-state index in [0.717, 1.165) is 54.1 Å². The van der Waals surface area contributed by atoms with Crippen molar-refractivity contribution in [3.63, 3.8) is 0 Å². The Labute approximate surface area is 170 Å².